The minimum Gasteiger partial charge on any atom is -0.493 e. The fraction of sp³-hybridized carbons (Fsp3) is 0.385. The second-order valence-electron chi connectivity index (χ2n) is 8.48. The summed E-state index contributed by atoms with van der Waals surface area (Å²) in [7, 11) is 1.63. The van der Waals surface area contributed by atoms with E-state index in [-0.39, 0.29) is 18.4 Å². The molecular formula is C26H33N3O3. The largest absolute Gasteiger partial charge is 0.493 e. The van der Waals surface area contributed by atoms with Crippen LogP contribution in [0.5, 0.6) is 11.5 Å². The van der Waals surface area contributed by atoms with Crippen LogP contribution >= 0.6 is 0 Å². The quantitative estimate of drug-likeness (QED) is 0.516. The topological polar surface area (TPSA) is 65.4 Å². The van der Waals surface area contributed by atoms with Gasteiger partial charge in [-0.05, 0) is 56.5 Å². The average molecular weight is 436 g/mol. The van der Waals surface area contributed by atoms with Crippen LogP contribution in [0.1, 0.15) is 49.3 Å². The van der Waals surface area contributed by atoms with Crippen molar-refractivity contribution < 1.29 is 14.3 Å². The smallest absolute Gasteiger partial charge is 0.225 e. The predicted molar refractivity (Wildman–Crippen MR) is 127 cm³/mol. The molecule has 6 nitrogen and oxygen atoms in total. The van der Waals surface area contributed by atoms with Crippen LogP contribution in [0, 0.1) is 19.8 Å². The maximum absolute atomic E-state index is 12.8. The minimum absolute atomic E-state index is 0.0459. The highest BCUT2D eigenvalue weighted by atomic mass is 16.5. The Labute approximate surface area is 190 Å². The monoisotopic (exact) mass is 435 g/mol. The fourth-order valence-electron chi connectivity index (χ4n) is 3.62. The van der Waals surface area contributed by atoms with Crippen molar-refractivity contribution in [2.24, 2.45) is 5.92 Å². The van der Waals surface area contributed by atoms with Gasteiger partial charge in [-0.3, -0.25) is 4.79 Å². The second kappa shape index (κ2) is 10.4. The van der Waals surface area contributed by atoms with Crippen LogP contribution < -0.4 is 14.8 Å². The number of amides is 1. The first-order valence-electron chi connectivity index (χ1n) is 11.0. The average Bonchev–Trinajstić information content (AvgIpc) is 3.06. The highest BCUT2D eigenvalue weighted by molar-refractivity contribution is 5.79. The number of ether oxygens (including phenoxy) is 2. The van der Waals surface area contributed by atoms with Gasteiger partial charge in [0.1, 0.15) is 0 Å². The van der Waals surface area contributed by atoms with E-state index in [1.54, 1.807) is 7.11 Å². The van der Waals surface area contributed by atoms with Crippen LogP contribution in [0.15, 0.2) is 48.5 Å². The van der Waals surface area contributed by atoms with E-state index in [4.69, 9.17) is 9.47 Å². The molecule has 0 fully saturated rings. The molecule has 1 atom stereocenters. The zero-order chi connectivity index (χ0) is 23.3. The number of nitrogens with zero attached hydrogens (tertiary/aromatic N) is 2. The minimum atomic E-state index is -0.166. The van der Waals surface area contributed by atoms with Crippen molar-refractivity contribution in [3.63, 3.8) is 0 Å². The van der Waals surface area contributed by atoms with E-state index in [2.05, 4.69) is 24.3 Å². The number of methoxy groups -OCH3 is 1. The normalized spacial score (nSPS) is 12.0. The number of benzene rings is 2. The fourth-order valence-corrected chi connectivity index (χ4v) is 3.62. The molecule has 0 spiro atoms. The molecule has 0 saturated carbocycles. The van der Waals surface area contributed by atoms with E-state index in [0.717, 1.165) is 28.2 Å². The van der Waals surface area contributed by atoms with Gasteiger partial charge in [-0.2, -0.15) is 5.10 Å². The van der Waals surface area contributed by atoms with Crippen LogP contribution in [-0.2, 0) is 11.2 Å². The van der Waals surface area contributed by atoms with Crippen molar-refractivity contribution in [2.45, 2.75) is 47.1 Å². The molecule has 3 rings (SSSR count). The lowest BCUT2D eigenvalue weighted by Gasteiger charge is -2.18. The summed E-state index contributed by atoms with van der Waals surface area (Å²) in [4.78, 5) is 12.8. The zero-order valence-corrected chi connectivity index (χ0v) is 19.8. The third kappa shape index (κ3) is 5.49. The standard InChI is InChI=1S/C26H33N3O3/c1-17(2)16-32-24-13-12-21(14-25(24)31-6)18(3)27-26(30)15-23-19(4)28-29(20(23)5)22-10-8-7-9-11-22/h7-14,17-18H,15-16H2,1-6H3,(H,27,30). The van der Waals surface area contributed by atoms with E-state index in [1.807, 2.05) is 74.0 Å². The van der Waals surface area contributed by atoms with Crippen molar-refractivity contribution in [2.75, 3.05) is 13.7 Å². The van der Waals surface area contributed by atoms with Gasteiger partial charge in [0, 0.05) is 11.3 Å². The first-order valence-corrected chi connectivity index (χ1v) is 11.0. The molecule has 0 saturated heterocycles. The molecule has 6 heteroatoms. The van der Waals surface area contributed by atoms with E-state index in [9.17, 15) is 4.79 Å². The van der Waals surface area contributed by atoms with Gasteiger partial charge in [0.2, 0.25) is 5.91 Å². The maximum Gasteiger partial charge on any atom is 0.225 e. The Kier molecular flexibility index (Phi) is 7.57. The lowest BCUT2D eigenvalue weighted by molar-refractivity contribution is -0.121. The Bertz CT molecular complexity index is 1060. The molecule has 1 unspecified atom stereocenters. The van der Waals surface area contributed by atoms with Crippen molar-refractivity contribution in [1.29, 1.82) is 0 Å². The number of para-hydroxylation sites is 1. The predicted octanol–water partition coefficient (Wildman–Crippen LogP) is 4.95. The summed E-state index contributed by atoms with van der Waals surface area (Å²) in [6.07, 6.45) is 0.279. The molecule has 0 radical (unpaired) electrons. The van der Waals surface area contributed by atoms with Crippen molar-refractivity contribution in [1.82, 2.24) is 15.1 Å². The lowest BCUT2D eigenvalue weighted by Crippen LogP contribution is -2.28. The van der Waals surface area contributed by atoms with Crippen molar-refractivity contribution in [3.8, 4) is 17.2 Å². The molecule has 1 aromatic heterocycles. The van der Waals surface area contributed by atoms with Gasteiger partial charge in [0.05, 0.1) is 37.6 Å². The van der Waals surface area contributed by atoms with Crippen molar-refractivity contribution in [3.05, 3.63) is 71.0 Å². The van der Waals surface area contributed by atoms with Crippen LogP contribution in [0.3, 0.4) is 0 Å². The molecule has 0 aliphatic rings. The van der Waals surface area contributed by atoms with Crippen LogP contribution in [0.4, 0.5) is 0 Å². The third-order valence-corrected chi connectivity index (χ3v) is 5.42. The van der Waals surface area contributed by atoms with Gasteiger partial charge in [-0.15, -0.1) is 0 Å². The molecule has 1 heterocycles. The second-order valence-corrected chi connectivity index (χ2v) is 8.48. The first-order chi connectivity index (χ1) is 15.3. The summed E-state index contributed by atoms with van der Waals surface area (Å²) in [6.45, 7) is 10.7. The molecule has 170 valence electrons. The zero-order valence-electron chi connectivity index (χ0n) is 19.8. The Morgan fingerprint density at radius 2 is 1.78 bits per heavy atom. The summed E-state index contributed by atoms with van der Waals surface area (Å²) in [6, 6.07) is 15.6. The molecule has 0 aliphatic heterocycles. The highest BCUT2D eigenvalue weighted by Gasteiger charge is 2.18. The maximum atomic E-state index is 12.8. The Balaban J connectivity index is 1.70. The van der Waals surface area contributed by atoms with Gasteiger partial charge in [-0.25, -0.2) is 4.68 Å². The van der Waals surface area contributed by atoms with Gasteiger partial charge >= 0.3 is 0 Å². The highest BCUT2D eigenvalue weighted by Crippen LogP contribution is 2.30. The molecule has 1 amide bonds. The summed E-state index contributed by atoms with van der Waals surface area (Å²) in [5.41, 5.74) is 4.74. The Hall–Kier alpha value is -3.28. The SMILES string of the molecule is COc1cc(C(C)NC(=O)Cc2c(C)nn(-c3ccccc3)c2C)ccc1OCC(C)C. The first kappa shape index (κ1) is 23.4. The summed E-state index contributed by atoms with van der Waals surface area (Å²) in [5, 5.41) is 7.74. The summed E-state index contributed by atoms with van der Waals surface area (Å²) in [5.74, 6) is 1.76. The van der Waals surface area contributed by atoms with Gasteiger partial charge in [0.15, 0.2) is 11.5 Å². The van der Waals surface area contributed by atoms with Gasteiger partial charge in [-0.1, -0.05) is 38.1 Å². The Morgan fingerprint density at radius 3 is 2.44 bits per heavy atom. The van der Waals surface area contributed by atoms with E-state index >= 15 is 0 Å². The van der Waals surface area contributed by atoms with Crippen LogP contribution in [-0.4, -0.2) is 29.4 Å². The van der Waals surface area contributed by atoms with Gasteiger partial charge < -0.3 is 14.8 Å². The van der Waals surface area contributed by atoms with Crippen LogP contribution in [0.2, 0.25) is 0 Å². The van der Waals surface area contributed by atoms with Crippen molar-refractivity contribution >= 4 is 5.91 Å². The number of hydrogen-bond donors (Lipinski definition) is 1. The lowest BCUT2D eigenvalue weighted by atomic mass is 10.1. The van der Waals surface area contributed by atoms with E-state index in [0.29, 0.717) is 24.0 Å². The number of carbonyl (C=O) groups is 1. The number of carbonyl (C=O) groups excluding carboxylic acids is 1. The number of aromatic nitrogens is 2. The summed E-state index contributed by atoms with van der Waals surface area (Å²) >= 11 is 0. The van der Waals surface area contributed by atoms with E-state index < -0.39 is 0 Å². The van der Waals surface area contributed by atoms with E-state index in [1.165, 1.54) is 0 Å². The molecule has 32 heavy (non-hydrogen) atoms. The molecule has 1 N–H and O–H groups in total. The van der Waals surface area contributed by atoms with Gasteiger partial charge in [0.25, 0.3) is 0 Å². The molecule has 0 bridgehead atoms. The molecule has 0 aliphatic carbocycles. The molecule has 2 aromatic carbocycles. The van der Waals surface area contributed by atoms with Crippen LogP contribution in [0.25, 0.3) is 5.69 Å². The number of nitrogens with one attached hydrogen (secondary N) is 1. The third-order valence-electron chi connectivity index (χ3n) is 5.42. The number of hydrogen-bond acceptors (Lipinski definition) is 4. The summed E-state index contributed by atoms with van der Waals surface area (Å²) < 4.78 is 13.2. The molecular weight excluding hydrogens is 402 g/mol. The molecule has 3 aromatic rings. The Morgan fingerprint density at radius 1 is 1.06 bits per heavy atom. The number of rotatable bonds is 9. The number of aryl methyl sites for hydroxylation is 1.